The van der Waals surface area contributed by atoms with E-state index in [1.807, 2.05) is 0 Å². The van der Waals surface area contributed by atoms with Crippen LogP contribution in [0.3, 0.4) is 0 Å². The molecule has 0 fully saturated rings. The number of anilines is 1. The largest absolute Gasteiger partial charge is 0.510 e. The predicted octanol–water partition coefficient (Wildman–Crippen LogP) is 2.14. The molecule has 3 aliphatic rings. The minimum absolute atomic E-state index is 0.137. The molecule has 2 amide bonds. The quantitative estimate of drug-likeness (QED) is 0.114. The number of aromatic hydroxyl groups is 1. The maximum Gasteiger partial charge on any atom is 0.255 e. The van der Waals surface area contributed by atoms with E-state index in [4.69, 9.17) is 5.73 Å². The average Bonchev–Trinajstić information content (AvgIpc) is 3.07. The van der Waals surface area contributed by atoms with E-state index in [0.29, 0.717) is 11.1 Å². The highest BCUT2D eigenvalue weighted by atomic mass is 16.4. The number of Topliss-reactive ketones (excluding diaryl/α,β-unsaturated/α-hetero) is 2. The standard InChI is InChI=1S/C36H33N3O10/c1-15-19-13-14-20(38-35(48)18-11-9-17(10-12-18)27(40)16-7-5-4-6-8-16)28(41)22(19)29(42)23-21(15)30(43)25-26(39(2)3)31(44)24(34(37)47)33(46)36(25,49)32(23)45/h4-15,21,25-26,30,41,43-45,49H,1-3H3,(H2,37,47)(H,38,48)/t15-,21+,25+,26-,30-,36-/m0/s1. The number of fused-ring (bicyclic) bond motifs is 3. The molecule has 8 N–H and O–H groups in total. The Labute approximate surface area is 279 Å². The fraction of sp³-hybridized carbons (Fsp3) is 0.250. The van der Waals surface area contributed by atoms with Crippen LogP contribution in [0.2, 0.25) is 0 Å². The van der Waals surface area contributed by atoms with E-state index in [1.165, 1.54) is 55.4 Å². The smallest absolute Gasteiger partial charge is 0.255 e. The molecule has 3 aromatic rings. The molecule has 0 unspecified atom stereocenters. The van der Waals surface area contributed by atoms with Crippen molar-refractivity contribution in [3.8, 4) is 5.75 Å². The zero-order valence-electron chi connectivity index (χ0n) is 26.5. The van der Waals surface area contributed by atoms with Gasteiger partial charge in [-0.2, -0.15) is 0 Å². The molecule has 49 heavy (non-hydrogen) atoms. The molecule has 13 heteroatoms. The van der Waals surface area contributed by atoms with Crippen molar-refractivity contribution in [3.63, 3.8) is 0 Å². The van der Waals surface area contributed by atoms with Crippen molar-refractivity contribution in [1.82, 2.24) is 4.90 Å². The summed E-state index contributed by atoms with van der Waals surface area (Å²) in [5.41, 5.74) is 1.45. The Morgan fingerprint density at radius 1 is 0.878 bits per heavy atom. The molecule has 3 aromatic carbocycles. The Kier molecular flexibility index (Phi) is 8.02. The number of benzene rings is 3. The van der Waals surface area contributed by atoms with E-state index in [2.05, 4.69) is 5.32 Å². The van der Waals surface area contributed by atoms with Gasteiger partial charge in [0.25, 0.3) is 11.8 Å². The topological polar surface area (TPSA) is 228 Å². The normalized spacial score (nSPS) is 26.2. The van der Waals surface area contributed by atoms with Crippen molar-refractivity contribution in [3.05, 3.63) is 117 Å². The Balaban J connectivity index is 1.37. The first-order chi connectivity index (χ1) is 23.1. The van der Waals surface area contributed by atoms with Crippen molar-refractivity contribution in [2.24, 2.45) is 17.6 Å². The molecule has 0 bridgehead atoms. The van der Waals surface area contributed by atoms with E-state index >= 15 is 0 Å². The van der Waals surface area contributed by atoms with Crippen molar-refractivity contribution in [2.45, 2.75) is 30.6 Å². The molecular weight excluding hydrogens is 634 g/mol. The SMILES string of the molecule is C[C@H]1c2ccc(NC(=O)c3ccc(C(=O)c4ccccc4)cc3)c(O)c2C(=O)C2=C(O)[C@]3(O)C(=O)C(C(N)=O)=C(O)[C@@H](N(C)C)[C@@H]3[C@@H](O)[C@@H]21. The number of hydrogen-bond donors (Lipinski definition) is 7. The molecule has 0 saturated carbocycles. The molecule has 6 atom stereocenters. The van der Waals surface area contributed by atoms with Crippen molar-refractivity contribution in [1.29, 1.82) is 0 Å². The van der Waals surface area contributed by atoms with Crippen LogP contribution in [0.5, 0.6) is 5.75 Å². The lowest BCUT2D eigenvalue weighted by Gasteiger charge is -2.53. The number of rotatable bonds is 6. The lowest BCUT2D eigenvalue weighted by molar-refractivity contribution is -0.162. The predicted molar refractivity (Wildman–Crippen MR) is 174 cm³/mol. The van der Waals surface area contributed by atoms with Crippen molar-refractivity contribution >= 4 is 34.9 Å². The van der Waals surface area contributed by atoms with Gasteiger partial charge in [-0.3, -0.25) is 28.9 Å². The van der Waals surface area contributed by atoms with Gasteiger partial charge in [0.15, 0.2) is 22.9 Å². The molecule has 6 rings (SSSR count). The molecule has 252 valence electrons. The zero-order valence-corrected chi connectivity index (χ0v) is 26.5. The van der Waals surface area contributed by atoms with Crippen LogP contribution in [0.25, 0.3) is 0 Å². The van der Waals surface area contributed by atoms with E-state index in [1.54, 1.807) is 37.3 Å². The summed E-state index contributed by atoms with van der Waals surface area (Å²) >= 11 is 0. The van der Waals surface area contributed by atoms with Crippen LogP contribution < -0.4 is 11.1 Å². The number of nitrogens with zero attached hydrogens (tertiary/aromatic N) is 1. The third kappa shape index (κ3) is 4.85. The second kappa shape index (κ2) is 11.8. The maximum atomic E-state index is 14.1. The summed E-state index contributed by atoms with van der Waals surface area (Å²) in [5.74, 6) is -11.1. The Bertz CT molecular complexity index is 2020. The number of ketones is 3. The first kappa shape index (κ1) is 33.3. The Morgan fingerprint density at radius 3 is 2.06 bits per heavy atom. The lowest BCUT2D eigenvalue weighted by Crippen LogP contribution is -2.68. The number of phenols is 1. The number of primary amides is 1. The van der Waals surface area contributed by atoms with E-state index in [0.717, 1.165) is 0 Å². The van der Waals surface area contributed by atoms with Gasteiger partial charge in [-0.25, -0.2) is 0 Å². The van der Waals surface area contributed by atoms with Gasteiger partial charge in [0, 0.05) is 28.2 Å². The fourth-order valence-corrected chi connectivity index (χ4v) is 7.45. The zero-order chi connectivity index (χ0) is 35.7. The summed E-state index contributed by atoms with van der Waals surface area (Å²) in [6.45, 7) is 1.60. The van der Waals surface area contributed by atoms with Crippen molar-refractivity contribution < 1.29 is 49.5 Å². The summed E-state index contributed by atoms with van der Waals surface area (Å²) in [4.78, 5) is 67.1. The fourth-order valence-electron chi connectivity index (χ4n) is 7.45. The first-order valence-electron chi connectivity index (χ1n) is 15.3. The highest BCUT2D eigenvalue weighted by Crippen LogP contribution is 2.56. The molecule has 13 nitrogen and oxygen atoms in total. The molecule has 0 heterocycles. The highest BCUT2D eigenvalue weighted by Gasteiger charge is 2.67. The van der Waals surface area contributed by atoms with Gasteiger partial charge < -0.3 is 36.6 Å². The summed E-state index contributed by atoms with van der Waals surface area (Å²) in [6.07, 6.45) is -1.73. The van der Waals surface area contributed by atoms with Gasteiger partial charge in [0.05, 0.1) is 29.3 Å². The molecule has 0 aromatic heterocycles. The van der Waals surface area contributed by atoms with Crippen LogP contribution in [0.1, 0.15) is 55.0 Å². The van der Waals surface area contributed by atoms with Crippen LogP contribution in [-0.2, 0) is 9.59 Å². The number of aliphatic hydroxyl groups is 4. The van der Waals surface area contributed by atoms with Crippen LogP contribution in [0.15, 0.2) is 89.4 Å². The van der Waals surface area contributed by atoms with E-state index in [9.17, 15) is 49.5 Å². The molecule has 0 radical (unpaired) electrons. The van der Waals surface area contributed by atoms with Crippen LogP contribution in [-0.4, -0.2) is 91.4 Å². The van der Waals surface area contributed by atoms with Gasteiger partial charge in [0.2, 0.25) is 5.78 Å². The maximum absolute atomic E-state index is 14.1. The van der Waals surface area contributed by atoms with Crippen molar-refractivity contribution in [2.75, 3.05) is 19.4 Å². The number of carbonyl (C=O) groups is 5. The summed E-state index contributed by atoms with van der Waals surface area (Å²) in [6, 6.07) is 15.9. The minimum Gasteiger partial charge on any atom is -0.510 e. The summed E-state index contributed by atoms with van der Waals surface area (Å²) < 4.78 is 0. The number of amides is 2. The summed E-state index contributed by atoms with van der Waals surface area (Å²) in [7, 11) is 2.91. The number of hydrogen-bond acceptors (Lipinski definition) is 11. The first-order valence-corrected chi connectivity index (χ1v) is 15.3. The highest BCUT2D eigenvalue weighted by molar-refractivity contribution is 6.25. The molecule has 0 aliphatic heterocycles. The van der Waals surface area contributed by atoms with Gasteiger partial charge in [-0.05, 0) is 43.8 Å². The van der Waals surface area contributed by atoms with Gasteiger partial charge >= 0.3 is 0 Å². The number of likely N-dealkylation sites (N-methyl/N-ethyl adjacent to an activating group) is 1. The number of nitrogens with two attached hydrogens (primary N) is 1. The Morgan fingerprint density at radius 2 is 1.47 bits per heavy atom. The molecule has 0 spiro atoms. The van der Waals surface area contributed by atoms with Crippen LogP contribution in [0.4, 0.5) is 5.69 Å². The minimum atomic E-state index is -3.04. The molecule has 3 aliphatic carbocycles. The second-order valence-electron chi connectivity index (χ2n) is 12.7. The lowest BCUT2D eigenvalue weighted by atomic mass is 9.55. The van der Waals surface area contributed by atoms with E-state index in [-0.39, 0.29) is 28.2 Å². The van der Waals surface area contributed by atoms with Crippen LogP contribution >= 0.6 is 0 Å². The molecular formula is C36H33N3O10. The average molecular weight is 668 g/mol. The van der Waals surface area contributed by atoms with Gasteiger partial charge in [0.1, 0.15) is 17.1 Å². The van der Waals surface area contributed by atoms with Crippen LogP contribution in [0, 0.1) is 11.8 Å². The monoisotopic (exact) mass is 667 g/mol. The number of aliphatic hydroxyl groups excluding tert-OH is 3. The second-order valence-corrected chi connectivity index (χ2v) is 12.7. The molecule has 0 saturated heterocycles. The summed E-state index contributed by atoms with van der Waals surface area (Å²) in [5, 5.41) is 59.9. The number of nitrogens with one attached hydrogen (secondary N) is 1. The third-order valence-electron chi connectivity index (χ3n) is 9.82. The third-order valence-corrected chi connectivity index (χ3v) is 9.82. The number of phenolic OH excluding ortho intramolecular Hbond substituents is 1. The number of carbonyl (C=O) groups excluding carboxylic acids is 5. The van der Waals surface area contributed by atoms with Gasteiger partial charge in [-0.1, -0.05) is 55.5 Å². The Hall–Kier alpha value is -5.63. The van der Waals surface area contributed by atoms with E-state index < -0.39 is 87.3 Å². The van der Waals surface area contributed by atoms with Gasteiger partial charge in [-0.15, -0.1) is 0 Å².